The molecule has 2 aromatic carbocycles. The molecule has 0 aromatic heterocycles. The SMILES string of the molecule is CCS(=O)(=O)N([C@H](C(=O)N1CC(c2cc(F)ccc2F)=C[C@H]1c1ccccc1)C1CC1)N1CCC1. The summed E-state index contributed by atoms with van der Waals surface area (Å²) in [5.41, 5.74) is 1.45. The lowest BCUT2D eigenvalue weighted by atomic mass is 10.0. The molecule has 2 aliphatic heterocycles. The van der Waals surface area contributed by atoms with Crippen LogP contribution in [0.5, 0.6) is 0 Å². The molecule has 35 heavy (non-hydrogen) atoms. The second-order valence-electron chi connectivity index (χ2n) is 9.40. The summed E-state index contributed by atoms with van der Waals surface area (Å²) < 4.78 is 56.3. The van der Waals surface area contributed by atoms with E-state index >= 15 is 0 Å². The molecule has 5 rings (SSSR count). The van der Waals surface area contributed by atoms with E-state index < -0.39 is 33.7 Å². The molecule has 9 heteroatoms. The minimum atomic E-state index is -3.67. The number of hydrogen-bond acceptors (Lipinski definition) is 4. The summed E-state index contributed by atoms with van der Waals surface area (Å²) in [4.78, 5) is 15.8. The average molecular weight is 502 g/mol. The number of hydrogen-bond donors (Lipinski definition) is 0. The van der Waals surface area contributed by atoms with Gasteiger partial charge < -0.3 is 4.90 Å². The molecule has 0 unspecified atom stereocenters. The van der Waals surface area contributed by atoms with Crippen LogP contribution in [0.2, 0.25) is 0 Å². The normalized spacial score (nSPS) is 21.7. The molecule has 1 saturated heterocycles. The number of nitrogens with zero attached hydrogens (tertiary/aromatic N) is 3. The Hall–Kier alpha value is -2.62. The van der Waals surface area contributed by atoms with Crippen LogP contribution in [0.25, 0.3) is 5.57 Å². The molecule has 1 aliphatic carbocycles. The molecule has 0 spiro atoms. The van der Waals surface area contributed by atoms with E-state index in [1.807, 2.05) is 30.3 Å². The number of amides is 1. The van der Waals surface area contributed by atoms with Crippen molar-refractivity contribution in [3.05, 3.63) is 77.4 Å². The van der Waals surface area contributed by atoms with Crippen LogP contribution in [0.15, 0.2) is 54.6 Å². The van der Waals surface area contributed by atoms with Crippen LogP contribution < -0.4 is 0 Å². The molecule has 2 atom stereocenters. The van der Waals surface area contributed by atoms with E-state index in [-0.39, 0.29) is 29.7 Å². The monoisotopic (exact) mass is 501 g/mol. The summed E-state index contributed by atoms with van der Waals surface area (Å²) in [5, 5.41) is 1.76. The van der Waals surface area contributed by atoms with Crippen molar-refractivity contribution in [2.24, 2.45) is 5.92 Å². The van der Waals surface area contributed by atoms with E-state index in [1.54, 1.807) is 22.9 Å². The first-order chi connectivity index (χ1) is 16.8. The second kappa shape index (κ2) is 9.44. The van der Waals surface area contributed by atoms with E-state index in [4.69, 9.17) is 0 Å². The van der Waals surface area contributed by atoms with Crippen LogP contribution in [0.3, 0.4) is 0 Å². The highest BCUT2D eigenvalue weighted by Gasteiger charge is 2.50. The topological polar surface area (TPSA) is 60.9 Å². The maximum Gasteiger partial charge on any atom is 0.243 e. The maximum atomic E-state index is 14.7. The van der Waals surface area contributed by atoms with Crippen LogP contribution in [0.4, 0.5) is 8.78 Å². The van der Waals surface area contributed by atoms with Crippen LogP contribution in [0, 0.1) is 17.6 Å². The first kappa shape index (κ1) is 24.1. The van der Waals surface area contributed by atoms with Gasteiger partial charge in [-0.3, -0.25) is 4.79 Å². The van der Waals surface area contributed by atoms with Crippen LogP contribution in [0.1, 0.15) is 43.4 Å². The van der Waals surface area contributed by atoms with Gasteiger partial charge in [0.1, 0.15) is 17.7 Å². The number of carbonyl (C=O) groups excluding carboxylic acids is 1. The highest BCUT2D eigenvalue weighted by atomic mass is 32.2. The third-order valence-electron chi connectivity index (χ3n) is 7.05. The van der Waals surface area contributed by atoms with Gasteiger partial charge in [0, 0.05) is 25.2 Å². The summed E-state index contributed by atoms with van der Waals surface area (Å²) in [6, 6.07) is 11.3. The summed E-state index contributed by atoms with van der Waals surface area (Å²) in [5.74, 6) is -1.57. The summed E-state index contributed by atoms with van der Waals surface area (Å²) in [7, 11) is -3.67. The van der Waals surface area contributed by atoms with Crippen molar-refractivity contribution in [2.75, 3.05) is 25.4 Å². The van der Waals surface area contributed by atoms with Gasteiger partial charge in [-0.15, -0.1) is 4.41 Å². The maximum absolute atomic E-state index is 14.7. The highest BCUT2D eigenvalue weighted by Crippen LogP contribution is 2.42. The van der Waals surface area contributed by atoms with Crippen molar-refractivity contribution >= 4 is 21.5 Å². The summed E-state index contributed by atoms with van der Waals surface area (Å²) in [6.45, 7) is 2.85. The number of rotatable bonds is 8. The Balaban J connectivity index is 1.54. The van der Waals surface area contributed by atoms with Gasteiger partial charge in [0.15, 0.2) is 0 Å². The Morgan fingerprint density at radius 1 is 1.11 bits per heavy atom. The zero-order valence-electron chi connectivity index (χ0n) is 19.6. The Kier molecular flexibility index (Phi) is 6.50. The number of sulfonamides is 1. The van der Waals surface area contributed by atoms with Crippen LogP contribution >= 0.6 is 0 Å². The van der Waals surface area contributed by atoms with E-state index in [0.29, 0.717) is 18.7 Å². The Morgan fingerprint density at radius 3 is 2.43 bits per heavy atom. The number of hydrazine groups is 1. The molecular weight excluding hydrogens is 472 g/mol. The van der Waals surface area contributed by atoms with E-state index in [2.05, 4.69) is 0 Å². The van der Waals surface area contributed by atoms with Crippen molar-refractivity contribution in [2.45, 2.75) is 38.3 Å². The molecule has 186 valence electrons. The van der Waals surface area contributed by atoms with Crippen molar-refractivity contribution in [1.29, 1.82) is 0 Å². The second-order valence-corrected chi connectivity index (χ2v) is 11.5. The molecule has 2 fully saturated rings. The van der Waals surface area contributed by atoms with Gasteiger partial charge in [-0.05, 0) is 61.4 Å². The molecule has 3 aliphatic rings. The zero-order chi connectivity index (χ0) is 24.7. The summed E-state index contributed by atoms with van der Waals surface area (Å²) in [6.07, 6.45) is 4.23. The Labute approximate surface area is 204 Å². The van der Waals surface area contributed by atoms with Crippen LogP contribution in [-0.2, 0) is 14.8 Å². The third kappa shape index (κ3) is 4.64. The fraction of sp³-hybridized carbons (Fsp3) is 0.423. The predicted molar refractivity (Wildman–Crippen MR) is 129 cm³/mol. The molecule has 0 radical (unpaired) electrons. The number of carbonyl (C=O) groups is 1. The van der Waals surface area contributed by atoms with Gasteiger partial charge in [-0.25, -0.2) is 22.2 Å². The van der Waals surface area contributed by atoms with E-state index in [1.165, 1.54) is 4.41 Å². The Bertz CT molecular complexity index is 1240. The first-order valence-electron chi connectivity index (χ1n) is 12.1. The fourth-order valence-corrected chi connectivity index (χ4v) is 6.28. The predicted octanol–water partition coefficient (Wildman–Crippen LogP) is 3.98. The standard InChI is InChI=1S/C26H29F2N3O3S/c1-2-35(33,34)31(29-13-6-14-29)25(19-9-10-19)26(32)30-17-20(22-16-21(27)11-12-23(22)28)15-24(30)18-7-4-3-5-8-18/h3-5,7-8,11-12,15-16,19,24-25H,2,6,9-10,13-14,17H2,1H3/t24-,25-/m0/s1. The molecule has 0 N–H and O–H groups in total. The van der Waals surface area contributed by atoms with Crippen molar-refractivity contribution in [1.82, 2.24) is 14.3 Å². The smallest absolute Gasteiger partial charge is 0.243 e. The molecular formula is C26H29F2N3O3S. The first-order valence-corrected chi connectivity index (χ1v) is 13.7. The lowest BCUT2D eigenvalue weighted by Gasteiger charge is -2.44. The minimum Gasteiger partial charge on any atom is -0.326 e. The van der Waals surface area contributed by atoms with Crippen molar-refractivity contribution in [3.8, 4) is 0 Å². The van der Waals surface area contributed by atoms with Crippen LogP contribution in [-0.4, -0.2) is 60.1 Å². The van der Waals surface area contributed by atoms with Crippen molar-refractivity contribution in [3.63, 3.8) is 0 Å². The highest BCUT2D eigenvalue weighted by molar-refractivity contribution is 7.89. The quantitative estimate of drug-likeness (QED) is 0.549. The fourth-order valence-electron chi connectivity index (χ4n) is 4.89. The minimum absolute atomic E-state index is 0.0594. The molecule has 0 bridgehead atoms. The average Bonchev–Trinajstić information content (AvgIpc) is 3.56. The summed E-state index contributed by atoms with van der Waals surface area (Å²) >= 11 is 0. The molecule has 2 heterocycles. The molecule has 6 nitrogen and oxygen atoms in total. The van der Waals surface area contributed by atoms with Gasteiger partial charge in [0.25, 0.3) is 0 Å². The van der Waals surface area contributed by atoms with Gasteiger partial charge in [0.05, 0.1) is 11.8 Å². The lowest BCUT2D eigenvalue weighted by Crippen LogP contribution is -2.62. The van der Waals surface area contributed by atoms with Gasteiger partial charge >= 0.3 is 0 Å². The van der Waals surface area contributed by atoms with E-state index in [9.17, 15) is 22.0 Å². The third-order valence-corrected chi connectivity index (χ3v) is 8.81. The van der Waals surface area contributed by atoms with Crippen molar-refractivity contribution < 1.29 is 22.0 Å². The Morgan fingerprint density at radius 2 is 1.83 bits per heavy atom. The van der Waals surface area contributed by atoms with Gasteiger partial charge in [0.2, 0.25) is 15.9 Å². The largest absolute Gasteiger partial charge is 0.326 e. The van der Waals surface area contributed by atoms with E-state index in [0.717, 1.165) is 43.0 Å². The van der Waals surface area contributed by atoms with Gasteiger partial charge in [-0.2, -0.15) is 0 Å². The molecule has 1 amide bonds. The number of halogens is 2. The lowest BCUT2D eigenvalue weighted by molar-refractivity contribution is -0.144. The van der Waals surface area contributed by atoms with Gasteiger partial charge in [-0.1, -0.05) is 36.4 Å². The number of benzene rings is 2. The molecule has 1 saturated carbocycles. The zero-order valence-corrected chi connectivity index (χ0v) is 20.4. The molecule has 2 aromatic rings.